The Bertz CT molecular complexity index is 714. The van der Waals surface area contributed by atoms with Gasteiger partial charge >= 0.3 is 0 Å². The van der Waals surface area contributed by atoms with Crippen molar-refractivity contribution in [2.75, 3.05) is 20.2 Å². The Hall–Kier alpha value is -1.88. The van der Waals surface area contributed by atoms with E-state index in [1.54, 1.807) is 7.11 Å². The maximum atomic E-state index is 5.44. The Balaban J connectivity index is 1.19. The summed E-state index contributed by atoms with van der Waals surface area (Å²) in [6.07, 6.45) is 13.2. The Morgan fingerprint density at radius 1 is 1.04 bits per heavy atom. The molecule has 2 aromatic rings. The minimum Gasteiger partial charge on any atom is -0.497 e. The van der Waals surface area contributed by atoms with Crippen LogP contribution in [0.3, 0.4) is 0 Å². The van der Waals surface area contributed by atoms with Crippen LogP contribution in [0.5, 0.6) is 5.75 Å². The second kappa shape index (κ2) is 9.55. The maximum absolute atomic E-state index is 5.44. The highest BCUT2D eigenvalue weighted by Gasteiger charge is 2.26. The number of benzene rings is 1. The number of piperidine rings is 1. The van der Waals surface area contributed by atoms with Crippen molar-refractivity contribution in [3.63, 3.8) is 0 Å². The lowest BCUT2D eigenvalue weighted by Crippen LogP contribution is -2.42. The van der Waals surface area contributed by atoms with Gasteiger partial charge in [0, 0.05) is 18.0 Å². The number of nitrogens with zero attached hydrogens (tertiary/aromatic N) is 3. The van der Waals surface area contributed by atoms with Crippen molar-refractivity contribution >= 4 is 0 Å². The molecular formula is C23H33N3O2. The van der Waals surface area contributed by atoms with Crippen molar-refractivity contribution in [2.45, 2.75) is 70.3 Å². The Kier molecular flexibility index (Phi) is 6.63. The lowest BCUT2D eigenvalue weighted by molar-refractivity contribution is 0.104. The molecule has 0 atom stereocenters. The van der Waals surface area contributed by atoms with Crippen LogP contribution < -0.4 is 4.74 Å². The number of rotatable bonds is 7. The van der Waals surface area contributed by atoms with E-state index in [-0.39, 0.29) is 0 Å². The summed E-state index contributed by atoms with van der Waals surface area (Å²) in [5.74, 6) is 3.12. The van der Waals surface area contributed by atoms with Gasteiger partial charge < -0.3 is 14.2 Å². The summed E-state index contributed by atoms with van der Waals surface area (Å²) in [6, 6.07) is 8.62. The van der Waals surface area contributed by atoms with E-state index in [4.69, 9.17) is 9.26 Å². The molecule has 0 unspecified atom stereocenters. The summed E-state index contributed by atoms with van der Waals surface area (Å²) >= 11 is 0. The van der Waals surface area contributed by atoms with Gasteiger partial charge in [-0.05, 0) is 81.8 Å². The maximum Gasteiger partial charge on any atom is 0.257 e. The van der Waals surface area contributed by atoms with Crippen molar-refractivity contribution in [1.29, 1.82) is 0 Å². The molecule has 2 heterocycles. The number of aryl methyl sites for hydroxylation is 1. The Morgan fingerprint density at radius 2 is 1.79 bits per heavy atom. The molecule has 4 rings (SSSR count). The molecule has 28 heavy (non-hydrogen) atoms. The Morgan fingerprint density at radius 3 is 2.50 bits per heavy atom. The molecule has 1 aromatic heterocycles. The fourth-order valence-corrected chi connectivity index (χ4v) is 4.81. The summed E-state index contributed by atoms with van der Waals surface area (Å²) in [7, 11) is 1.67. The SMILES string of the molecule is COc1ccc(-c2nc(CCCC3CCN(C4CCCCC4)CC3)no2)cc1. The molecular weight excluding hydrogens is 350 g/mol. The van der Waals surface area contributed by atoms with Crippen molar-refractivity contribution < 1.29 is 9.26 Å². The number of methoxy groups -OCH3 is 1. The molecule has 1 aromatic carbocycles. The average Bonchev–Trinajstić information content (AvgIpc) is 3.24. The minimum absolute atomic E-state index is 0.596. The highest BCUT2D eigenvalue weighted by atomic mass is 16.5. The van der Waals surface area contributed by atoms with Gasteiger partial charge in [-0.15, -0.1) is 0 Å². The van der Waals surface area contributed by atoms with Crippen LogP contribution in [0.2, 0.25) is 0 Å². The van der Waals surface area contributed by atoms with Gasteiger partial charge in [-0.25, -0.2) is 0 Å². The highest BCUT2D eigenvalue weighted by molar-refractivity contribution is 5.54. The van der Waals surface area contributed by atoms with Crippen molar-refractivity contribution in [3.05, 3.63) is 30.1 Å². The zero-order valence-corrected chi connectivity index (χ0v) is 17.1. The van der Waals surface area contributed by atoms with Crippen molar-refractivity contribution in [1.82, 2.24) is 15.0 Å². The zero-order chi connectivity index (χ0) is 19.2. The first-order valence-corrected chi connectivity index (χ1v) is 11.0. The summed E-state index contributed by atoms with van der Waals surface area (Å²) in [4.78, 5) is 7.34. The molecule has 2 fully saturated rings. The molecule has 0 amide bonds. The third kappa shape index (κ3) is 4.93. The first-order valence-electron chi connectivity index (χ1n) is 11.0. The predicted octanol–water partition coefficient (Wildman–Crippen LogP) is 5.11. The van der Waals surface area contributed by atoms with Crippen LogP contribution in [0.25, 0.3) is 11.5 Å². The number of ether oxygens (including phenoxy) is 1. The van der Waals surface area contributed by atoms with E-state index in [1.165, 1.54) is 64.5 Å². The molecule has 5 heteroatoms. The van der Waals surface area contributed by atoms with Crippen molar-refractivity contribution in [3.8, 4) is 17.2 Å². The standard InChI is InChI=1S/C23H33N3O2/c1-27-21-12-10-19(11-13-21)23-24-22(25-28-23)9-5-6-18-14-16-26(17-15-18)20-7-3-2-4-8-20/h10-13,18,20H,2-9,14-17H2,1H3. The topological polar surface area (TPSA) is 51.4 Å². The van der Waals surface area contributed by atoms with E-state index in [1.807, 2.05) is 24.3 Å². The molecule has 1 saturated heterocycles. The van der Waals surface area contributed by atoms with Gasteiger partial charge in [0.05, 0.1) is 7.11 Å². The van der Waals surface area contributed by atoms with E-state index in [9.17, 15) is 0 Å². The smallest absolute Gasteiger partial charge is 0.257 e. The summed E-state index contributed by atoms with van der Waals surface area (Å²) in [5.41, 5.74) is 0.939. The minimum atomic E-state index is 0.596. The molecule has 152 valence electrons. The van der Waals surface area contributed by atoms with Gasteiger partial charge in [0.2, 0.25) is 0 Å². The summed E-state index contributed by atoms with van der Waals surface area (Å²) in [5, 5.41) is 4.17. The molecule has 0 N–H and O–H groups in total. The van der Waals surface area contributed by atoms with E-state index >= 15 is 0 Å². The van der Waals surface area contributed by atoms with Crippen molar-refractivity contribution in [2.24, 2.45) is 5.92 Å². The van der Waals surface area contributed by atoms with Crippen LogP contribution in [-0.4, -0.2) is 41.3 Å². The van der Waals surface area contributed by atoms with Gasteiger partial charge in [-0.1, -0.05) is 24.4 Å². The fourth-order valence-electron chi connectivity index (χ4n) is 4.81. The lowest BCUT2D eigenvalue weighted by Gasteiger charge is -2.39. The van der Waals surface area contributed by atoms with Crippen LogP contribution >= 0.6 is 0 Å². The highest BCUT2D eigenvalue weighted by Crippen LogP contribution is 2.29. The molecule has 1 aliphatic heterocycles. The number of aromatic nitrogens is 2. The summed E-state index contributed by atoms with van der Waals surface area (Å²) < 4.78 is 10.6. The Labute approximate surface area is 168 Å². The lowest BCUT2D eigenvalue weighted by atomic mass is 9.88. The monoisotopic (exact) mass is 383 g/mol. The average molecular weight is 384 g/mol. The summed E-state index contributed by atoms with van der Waals surface area (Å²) in [6.45, 7) is 2.61. The second-order valence-electron chi connectivity index (χ2n) is 8.41. The van der Waals surface area contributed by atoms with E-state index in [0.29, 0.717) is 5.89 Å². The second-order valence-corrected chi connectivity index (χ2v) is 8.41. The van der Waals surface area contributed by atoms with Crippen LogP contribution in [-0.2, 0) is 6.42 Å². The zero-order valence-electron chi connectivity index (χ0n) is 17.1. The molecule has 1 saturated carbocycles. The van der Waals surface area contributed by atoms with E-state index < -0.39 is 0 Å². The van der Waals surface area contributed by atoms with E-state index in [2.05, 4.69) is 15.0 Å². The molecule has 0 spiro atoms. The van der Waals surface area contributed by atoms with E-state index in [0.717, 1.165) is 41.9 Å². The normalized spacial score (nSPS) is 19.8. The molecule has 0 bridgehead atoms. The quantitative estimate of drug-likeness (QED) is 0.665. The molecule has 2 aliphatic rings. The van der Waals surface area contributed by atoms with Crippen LogP contribution in [0.4, 0.5) is 0 Å². The van der Waals surface area contributed by atoms with Gasteiger partial charge in [0.25, 0.3) is 5.89 Å². The van der Waals surface area contributed by atoms with Gasteiger partial charge in [-0.3, -0.25) is 0 Å². The molecule has 0 radical (unpaired) electrons. The van der Waals surface area contributed by atoms with Crippen LogP contribution in [0, 0.1) is 5.92 Å². The van der Waals surface area contributed by atoms with Crippen LogP contribution in [0.15, 0.2) is 28.8 Å². The predicted molar refractivity (Wildman–Crippen MR) is 110 cm³/mol. The fraction of sp³-hybridized carbons (Fsp3) is 0.652. The molecule has 1 aliphatic carbocycles. The van der Waals surface area contributed by atoms with Gasteiger partial charge in [-0.2, -0.15) is 4.98 Å². The third-order valence-corrected chi connectivity index (χ3v) is 6.56. The van der Waals surface area contributed by atoms with Gasteiger partial charge in [0.15, 0.2) is 5.82 Å². The number of likely N-dealkylation sites (tertiary alicyclic amines) is 1. The van der Waals surface area contributed by atoms with Crippen LogP contribution in [0.1, 0.15) is 63.6 Å². The number of hydrogen-bond donors (Lipinski definition) is 0. The number of hydrogen-bond acceptors (Lipinski definition) is 5. The first-order chi connectivity index (χ1) is 13.8. The largest absolute Gasteiger partial charge is 0.497 e. The first kappa shape index (κ1) is 19.4. The third-order valence-electron chi connectivity index (χ3n) is 6.56. The molecule has 5 nitrogen and oxygen atoms in total. The van der Waals surface area contributed by atoms with Gasteiger partial charge in [0.1, 0.15) is 5.75 Å².